The third-order valence-electron chi connectivity index (χ3n) is 5.13. The van der Waals surface area contributed by atoms with Crippen molar-refractivity contribution < 1.29 is 28.6 Å². The van der Waals surface area contributed by atoms with Gasteiger partial charge in [-0.25, -0.2) is 4.79 Å². The maximum absolute atomic E-state index is 12.5. The van der Waals surface area contributed by atoms with E-state index in [0.717, 1.165) is 16.9 Å². The summed E-state index contributed by atoms with van der Waals surface area (Å²) in [6, 6.07) is 14.1. The zero-order valence-electron chi connectivity index (χ0n) is 19.0. The van der Waals surface area contributed by atoms with Crippen LogP contribution >= 0.6 is 0 Å². The van der Waals surface area contributed by atoms with Crippen LogP contribution in [0.25, 0.3) is 0 Å². The molecule has 0 aromatic heterocycles. The minimum absolute atomic E-state index is 0.164. The molecule has 0 saturated carbocycles. The van der Waals surface area contributed by atoms with Crippen LogP contribution < -0.4 is 20.1 Å². The summed E-state index contributed by atoms with van der Waals surface area (Å²) in [6.45, 7) is 4.65. The first kappa shape index (κ1) is 24.1. The van der Waals surface area contributed by atoms with Crippen LogP contribution in [0.15, 0.2) is 48.5 Å². The van der Waals surface area contributed by atoms with Crippen LogP contribution in [0.1, 0.15) is 25.0 Å². The van der Waals surface area contributed by atoms with E-state index in [9.17, 15) is 14.4 Å². The van der Waals surface area contributed by atoms with E-state index in [4.69, 9.17) is 14.2 Å². The Morgan fingerprint density at radius 2 is 1.67 bits per heavy atom. The van der Waals surface area contributed by atoms with Gasteiger partial charge in [0, 0.05) is 6.54 Å². The van der Waals surface area contributed by atoms with E-state index in [1.54, 1.807) is 0 Å². The van der Waals surface area contributed by atoms with Crippen LogP contribution in [0.2, 0.25) is 0 Å². The third kappa shape index (κ3) is 7.52. The Balaban J connectivity index is 1.40. The number of benzene rings is 2. The molecule has 1 heterocycles. The molecule has 0 spiro atoms. The topological polar surface area (TPSA) is 103 Å². The number of carbonyl (C=O) groups is 3. The maximum atomic E-state index is 12.5. The summed E-state index contributed by atoms with van der Waals surface area (Å²) in [4.78, 5) is 36.9. The molecule has 0 saturated heterocycles. The number of hydrogen-bond acceptors (Lipinski definition) is 6. The molecule has 0 aliphatic carbocycles. The first-order chi connectivity index (χ1) is 15.9. The van der Waals surface area contributed by atoms with E-state index < -0.39 is 24.5 Å². The highest BCUT2D eigenvalue weighted by molar-refractivity contribution is 5.87. The lowest BCUT2D eigenvalue weighted by Gasteiger charge is -2.21. The molecule has 1 atom stereocenters. The van der Waals surface area contributed by atoms with Gasteiger partial charge in [-0.15, -0.1) is 0 Å². The van der Waals surface area contributed by atoms with Gasteiger partial charge in [0.1, 0.15) is 19.3 Å². The third-order valence-corrected chi connectivity index (χ3v) is 5.13. The van der Waals surface area contributed by atoms with E-state index in [2.05, 4.69) is 10.6 Å². The van der Waals surface area contributed by atoms with Crippen molar-refractivity contribution >= 4 is 17.8 Å². The number of hydrogen-bond donors (Lipinski definition) is 2. The fraction of sp³-hybridized carbons (Fsp3) is 0.400. The summed E-state index contributed by atoms with van der Waals surface area (Å²) in [6.07, 6.45) is 0.762. The van der Waals surface area contributed by atoms with Crippen LogP contribution in [0, 0.1) is 5.92 Å². The lowest BCUT2D eigenvalue weighted by molar-refractivity contribution is -0.152. The summed E-state index contributed by atoms with van der Waals surface area (Å²) >= 11 is 0. The fourth-order valence-electron chi connectivity index (χ4n) is 3.37. The maximum Gasteiger partial charge on any atom is 0.329 e. The lowest BCUT2D eigenvalue weighted by Crippen LogP contribution is -2.46. The van der Waals surface area contributed by atoms with Crippen molar-refractivity contribution in [3.05, 3.63) is 59.7 Å². The molecule has 176 valence electrons. The van der Waals surface area contributed by atoms with E-state index in [1.165, 1.54) is 0 Å². The summed E-state index contributed by atoms with van der Waals surface area (Å²) in [5.74, 6) is -0.0757. The van der Waals surface area contributed by atoms with Gasteiger partial charge in [0.15, 0.2) is 18.1 Å². The van der Waals surface area contributed by atoms with Crippen molar-refractivity contribution in [2.24, 2.45) is 5.92 Å². The molecule has 8 heteroatoms. The second kappa shape index (κ2) is 11.9. The monoisotopic (exact) mass is 454 g/mol. The molecule has 0 bridgehead atoms. The molecule has 2 amide bonds. The summed E-state index contributed by atoms with van der Waals surface area (Å²) < 4.78 is 16.2. The highest BCUT2D eigenvalue weighted by atomic mass is 16.6. The summed E-state index contributed by atoms with van der Waals surface area (Å²) in [7, 11) is 0. The molecule has 8 nitrogen and oxygen atoms in total. The van der Waals surface area contributed by atoms with Gasteiger partial charge in [-0.3, -0.25) is 9.59 Å². The van der Waals surface area contributed by atoms with Gasteiger partial charge in [0.25, 0.3) is 5.91 Å². The minimum Gasteiger partial charge on any atom is -0.486 e. The molecule has 2 aromatic rings. The largest absolute Gasteiger partial charge is 0.486 e. The number of ether oxygens (including phenoxy) is 3. The minimum atomic E-state index is -0.827. The Kier molecular flexibility index (Phi) is 8.69. The Morgan fingerprint density at radius 3 is 2.39 bits per heavy atom. The molecule has 33 heavy (non-hydrogen) atoms. The van der Waals surface area contributed by atoms with Gasteiger partial charge in [0.2, 0.25) is 5.91 Å². The molecule has 1 aliphatic rings. The van der Waals surface area contributed by atoms with Crippen LogP contribution in [0.3, 0.4) is 0 Å². The molecule has 2 aromatic carbocycles. The summed E-state index contributed by atoms with van der Waals surface area (Å²) in [5, 5.41) is 5.44. The Bertz CT molecular complexity index is 961. The standard InChI is InChI=1S/C25H30N2O6/c1-17(2)24(27-22(28)15-18-6-4-3-5-7-18)25(30)33-16-23(29)26-11-10-19-8-9-20-21(14-19)32-13-12-31-20/h3-9,14,17,24H,10-13,15-16H2,1-2H3,(H,26,29)(H,27,28)/t24-/m0/s1. The molecule has 3 rings (SSSR count). The van der Waals surface area contributed by atoms with Crippen molar-refractivity contribution in [2.45, 2.75) is 32.7 Å². The fourth-order valence-corrected chi connectivity index (χ4v) is 3.37. The average Bonchev–Trinajstić information content (AvgIpc) is 2.81. The van der Waals surface area contributed by atoms with Gasteiger partial charge in [0.05, 0.1) is 6.42 Å². The van der Waals surface area contributed by atoms with Crippen molar-refractivity contribution in [1.82, 2.24) is 10.6 Å². The number of amides is 2. The first-order valence-electron chi connectivity index (χ1n) is 11.1. The summed E-state index contributed by atoms with van der Waals surface area (Å²) in [5.41, 5.74) is 1.85. The van der Waals surface area contributed by atoms with Gasteiger partial charge in [-0.05, 0) is 35.6 Å². The van der Waals surface area contributed by atoms with E-state index >= 15 is 0 Å². The molecular weight excluding hydrogens is 424 g/mol. The van der Waals surface area contributed by atoms with Crippen molar-refractivity contribution in [3.8, 4) is 11.5 Å². The predicted octanol–water partition coefficient (Wildman–Crippen LogP) is 2.04. The highest BCUT2D eigenvalue weighted by Gasteiger charge is 2.26. The predicted molar refractivity (Wildman–Crippen MR) is 122 cm³/mol. The van der Waals surface area contributed by atoms with Crippen LogP contribution in [-0.4, -0.2) is 50.2 Å². The van der Waals surface area contributed by atoms with Gasteiger partial charge in [-0.1, -0.05) is 50.2 Å². The normalized spacial score (nSPS) is 13.2. The first-order valence-corrected chi connectivity index (χ1v) is 11.1. The Hall–Kier alpha value is -3.55. The quantitative estimate of drug-likeness (QED) is 0.533. The van der Waals surface area contributed by atoms with Crippen LogP contribution in [0.5, 0.6) is 11.5 Å². The van der Waals surface area contributed by atoms with E-state index in [1.807, 2.05) is 62.4 Å². The molecular formula is C25H30N2O6. The zero-order chi connectivity index (χ0) is 23.6. The van der Waals surface area contributed by atoms with Gasteiger partial charge in [-0.2, -0.15) is 0 Å². The zero-order valence-corrected chi connectivity index (χ0v) is 19.0. The van der Waals surface area contributed by atoms with Crippen molar-refractivity contribution in [2.75, 3.05) is 26.4 Å². The molecule has 0 unspecified atom stereocenters. The highest BCUT2D eigenvalue weighted by Crippen LogP contribution is 2.30. The molecule has 2 N–H and O–H groups in total. The number of carbonyl (C=O) groups excluding carboxylic acids is 3. The molecule has 1 aliphatic heterocycles. The van der Waals surface area contributed by atoms with Crippen molar-refractivity contribution in [3.63, 3.8) is 0 Å². The second-order valence-corrected chi connectivity index (χ2v) is 8.14. The number of esters is 1. The average molecular weight is 455 g/mol. The lowest BCUT2D eigenvalue weighted by atomic mass is 10.0. The Labute approximate surface area is 193 Å². The van der Waals surface area contributed by atoms with Gasteiger partial charge >= 0.3 is 5.97 Å². The SMILES string of the molecule is CC(C)[C@H](NC(=O)Cc1ccccc1)C(=O)OCC(=O)NCCc1ccc2c(c1)OCCO2. The molecule has 0 fully saturated rings. The smallest absolute Gasteiger partial charge is 0.329 e. The van der Waals surface area contributed by atoms with E-state index in [-0.39, 0.29) is 18.2 Å². The van der Waals surface area contributed by atoms with Crippen LogP contribution in [0.4, 0.5) is 0 Å². The number of nitrogens with one attached hydrogen (secondary N) is 2. The van der Waals surface area contributed by atoms with Crippen LogP contribution in [-0.2, 0) is 32.0 Å². The van der Waals surface area contributed by atoms with Gasteiger partial charge < -0.3 is 24.8 Å². The van der Waals surface area contributed by atoms with Crippen molar-refractivity contribution in [1.29, 1.82) is 0 Å². The number of rotatable bonds is 10. The second-order valence-electron chi connectivity index (χ2n) is 8.14. The van der Waals surface area contributed by atoms with E-state index in [0.29, 0.717) is 31.9 Å². The Morgan fingerprint density at radius 1 is 0.939 bits per heavy atom. The number of fused-ring (bicyclic) bond motifs is 1. The molecule has 0 radical (unpaired) electrons.